The smallest absolute Gasteiger partial charge is 0.174 e. The van der Waals surface area contributed by atoms with E-state index in [1.54, 1.807) is 24.4 Å². The molecule has 34 heavy (non-hydrogen) atoms. The van der Waals surface area contributed by atoms with Crippen LogP contribution in [0, 0.1) is 19.7 Å². The highest BCUT2D eigenvalue weighted by Gasteiger charge is 2.42. The average molecular weight is 511 g/mol. The lowest BCUT2D eigenvalue weighted by Gasteiger charge is -2.28. The predicted octanol–water partition coefficient (Wildman–Crippen LogP) is 7.11. The number of hydrogen-bond acceptors (Lipinski definition) is 2. The molecule has 8 heteroatoms. The highest BCUT2D eigenvalue weighted by atomic mass is 35.5. The van der Waals surface area contributed by atoms with E-state index in [0.717, 1.165) is 34.0 Å². The van der Waals surface area contributed by atoms with Gasteiger partial charge in [-0.2, -0.15) is 0 Å². The van der Waals surface area contributed by atoms with Crippen LogP contribution in [0.4, 0.5) is 10.1 Å². The number of aryl methyl sites for hydroxylation is 1. The van der Waals surface area contributed by atoms with Crippen LogP contribution in [0.3, 0.4) is 0 Å². The van der Waals surface area contributed by atoms with Gasteiger partial charge < -0.3 is 14.8 Å². The molecular weight excluding hydrogens is 490 g/mol. The minimum Gasteiger partial charge on any atom is -0.351 e. The van der Waals surface area contributed by atoms with Gasteiger partial charge >= 0.3 is 0 Å². The number of pyridine rings is 1. The molecule has 0 unspecified atom stereocenters. The summed E-state index contributed by atoms with van der Waals surface area (Å²) in [6, 6.07) is 19.5. The van der Waals surface area contributed by atoms with Gasteiger partial charge in [0.1, 0.15) is 5.82 Å². The molecular formula is C26H21Cl2FN4S. The number of nitrogens with one attached hydrogen (secondary N) is 1. The molecule has 0 saturated carbocycles. The summed E-state index contributed by atoms with van der Waals surface area (Å²) in [5.41, 5.74) is 5.55. The fourth-order valence-corrected chi connectivity index (χ4v) is 5.40. The number of hydrogen-bond donors (Lipinski definition) is 1. The van der Waals surface area contributed by atoms with Crippen LogP contribution in [0.2, 0.25) is 10.0 Å². The summed E-state index contributed by atoms with van der Waals surface area (Å²) in [7, 11) is 0. The topological polar surface area (TPSA) is 33.1 Å². The van der Waals surface area contributed by atoms with Crippen LogP contribution >= 0.6 is 35.4 Å². The minimum atomic E-state index is -0.298. The van der Waals surface area contributed by atoms with Crippen molar-refractivity contribution in [2.24, 2.45) is 0 Å². The third-order valence-corrected chi connectivity index (χ3v) is 7.29. The zero-order valence-electron chi connectivity index (χ0n) is 18.5. The van der Waals surface area contributed by atoms with Crippen LogP contribution in [-0.2, 0) is 0 Å². The largest absolute Gasteiger partial charge is 0.351 e. The van der Waals surface area contributed by atoms with Crippen LogP contribution in [0.25, 0.3) is 5.69 Å². The van der Waals surface area contributed by atoms with E-state index in [2.05, 4.69) is 27.9 Å². The highest BCUT2D eigenvalue weighted by Crippen LogP contribution is 2.44. The van der Waals surface area contributed by atoms with Gasteiger partial charge in [0.05, 0.1) is 33.5 Å². The Morgan fingerprint density at radius 1 is 1.00 bits per heavy atom. The van der Waals surface area contributed by atoms with Crippen LogP contribution in [0.5, 0.6) is 0 Å². The van der Waals surface area contributed by atoms with Crippen LogP contribution < -0.4 is 10.2 Å². The number of anilines is 1. The molecule has 3 heterocycles. The van der Waals surface area contributed by atoms with Gasteiger partial charge in [0.15, 0.2) is 5.11 Å². The van der Waals surface area contributed by atoms with Crippen molar-refractivity contribution in [2.75, 3.05) is 4.90 Å². The molecule has 1 aliphatic heterocycles. The Balaban J connectivity index is 1.70. The summed E-state index contributed by atoms with van der Waals surface area (Å²) in [5, 5.41) is 4.99. The van der Waals surface area contributed by atoms with E-state index in [1.165, 1.54) is 12.1 Å². The molecule has 2 atom stereocenters. The second kappa shape index (κ2) is 9.02. The van der Waals surface area contributed by atoms with E-state index < -0.39 is 0 Å². The summed E-state index contributed by atoms with van der Waals surface area (Å²) >= 11 is 18.7. The number of halogens is 3. The number of nitrogens with zero attached hydrogens (tertiary/aromatic N) is 3. The van der Waals surface area contributed by atoms with Crippen molar-refractivity contribution in [3.8, 4) is 5.69 Å². The van der Waals surface area contributed by atoms with Gasteiger partial charge in [-0.05, 0) is 86.2 Å². The first-order valence-electron chi connectivity index (χ1n) is 10.8. The monoisotopic (exact) mass is 510 g/mol. The molecule has 1 saturated heterocycles. The molecule has 1 fully saturated rings. The Kier molecular flexibility index (Phi) is 6.06. The van der Waals surface area contributed by atoms with Crippen molar-refractivity contribution in [3.05, 3.63) is 111 Å². The predicted molar refractivity (Wildman–Crippen MR) is 140 cm³/mol. The third kappa shape index (κ3) is 3.86. The fraction of sp³-hybridized carbons (Fsp3) is 0.154. The van der Waals surface area contributed by atoms with Gasteiger partial charge in [0, 0.05) is 23.3 Å². The Hall–Kier alpha value is -2.93. The maximum Gasteiger partial charge on any atom is 0.174 e. The third-order valence-electron chi connectivity index (χ3n) is 6.16. The van der Waals surface area contributed by atoms with Gasteiger partial charge in [-0.1, -0.05) is 35.3 Å². The zero-order chi connectivity index (χ0) is 24.0. The molecule has 172 valence electrons. The maximum atomic E-state index is 13.7. The molecule has 2 aromatic heterocycles. The van der Waals surface area contributed by atoms with Gasteiger partial charge in [-0.15, -0.1) is 0 Å². The van der Waals surface area contributed by atoms with E-state index >= 15 is 0 Å². The molecule has 5 rings (SSSR count). The van der Waals surface area contributed by atoms with Crippen molar-refractivity contribution in [1.82, 2.24) is 14.9 Å². The minimum absolute atomic E-state index is 0.206. The highest BCUT2D eigenvalue weighted by molar-refractivity contribution is 7.80. The van der Waals surface area contributed by atoms with Crippen molar-refractivity contribution in [2.45, 2.75) is 25.9 Å². The quantitative estimate of drug-likeness (QED) is 0.296. The molecule has 0 spiro atoms. The summed E-state index contributed by atoms with van der Waals surface area (Å²) in [5.74, 6) is -0.298. The molecule has 2 aromatic carbocycles. The number of benzene rings is 2. The van der Waals surface area contributed by atoms with Gasteiger partial charge in [0.25, 0.3) is 0 Å². The van der Waals surface area contributed by atoms with E-state index in [-0.39, 0.29) is 17.9 Å². The normalized spacial score (nSPS) is 17.8. The summed E-state index contributed by atoms with van der Waals surface area (Å²) in [6.07, 6.45) is 1.77. The lowest BCUT2D eigenvalue weighted by atomic mass is 9.96. The summed E-state index contributed by atoms with van der Waals surface area (Å²) < 4.78 is 15.8. The maximum absolute atomic E-state index is 13.7. The van der Waals surface area contributed by atoms with Gasteiger partial charge in [0.2, 0.25) is 0 Å². The van der Waals surface area contributed by atoms with Crippen LogP contribution in [0.1, 0.15) is 34.7 Å². The first kappa shape index (κ1) is 22.8. The Bertz CT molecular complexity index is 1370. The van der Waals surface area contributed by atoms with Gasteiger partial charge in [-0.25, -0.2) is 4.39 Å². The molecule has 4 aromatic rings. The van der Waals surface area contributed by atoms with Crippen molar-refractivity contribution in [3.63, 3.8) is 0 Å². The lowest BCUT2D eigenvalue weighted by molar-refractivity contribution is 0.565. The molecule has 0 bridgehead atoms. The number of thiocarbonyl (C=S) groups is 1. The van der Waals surface area contributed by atoms with E-state index in [0.29, 0.717) is 15.2 Å². The molecule has 1 aliphatic rings. The Morgan fingerprint density at radius 2 is 1.76 bits per heavy atom. The molecule has 0 amide bonds. The van der Waals surface area contributed by atoms with Crippen molar-refractivity contribution in [1.29, 1.82) is 0 Å². The van der Waals surface area contributed by atoms with Gasteiger partial charge in [-0.3, -0.25) is 4.98 Å². The summed E-state index contributed by atoms with van der Waals surface area (Å²) in [6.45, 7) is 4.09. The standard InChI is InChI=1S/C26H21Cl2FN4S/c1-15-14-19(16(2)32(15)22-8-5-6-20(27)23(22)28)25-24(21-7-3-4-13-30-21)31-26(34)33(25)18-11-9-17(29)10-12-18/h3-14,24-25H,1-2H3,(H,31,34)/t24-,25+/m0/s1. The molecule has 0 aliphatic carbocycles. The molecule has 1 N–H and O–H groups in total. The lowest BCUT2D eigenvalue weighted by Crippen LogP contribution is -2.29. The SMILES string of the molecule is Cc1cc([C@@H]2[C@H](c3ccccn3)NC(=S)N2c2ccc(F)cc2)c(C)n1-c1cccc(Cl)c1Cl. The Morgan fingerprint density at radius 3 is 2.47 bits per heavy atom. The van der Waals surface area contributed by atoms with Crippen molar-refractivity contribution < 1.29 is 4.39 Å². The Labute approximate surface area is 213 Å². The number of aromatic nitrogens is 2. The zero-order valence-corrected chi connectivity index (χ0v) is 20.8. The number of rotatable bonds is 4. The van der Waals surface area contributed by atoms with E-state index in [1.807, 2.05) is 42.2 Å². The second-order valence-corrected chi connectivity index (χ2v) is 9.38. The summed E-state index contributed by atoms with van der Waals surface area (Å²) in [4.78, 5) is 6.63. The molecule has 0 radical (unpaired) electrons. The van der Waals surface area contributed by atoms with Crippen LogP contribution in [-0.4, -0.2) is 14.7 Å². The second-order valence-electron chi connectivity index (χ2n) is 8.21. The first-order chi connectivity index (χ1) is 16.4. The van der Waals surface area contributed by atoms with Crippen LogP contribution in [0.15, 0.2) is 72.9 Å². The average Bonchev–Trinajstić information content (AvgIpc) is 3.32. The van der Waals surface area contributed by atoms with Crippen molar-refractivity contribution >= 4 is 46.2 Å². The first-order valence-corrected chi connectivity index (χ1v) is 11.9. The molecule has 4 nitrogen and oxygen atoms in total. The van der Waals surface area contributed by atoms with E-state index in [9.17, 15) is 4.39 Å². The van der Waals surface area contributed by atoms with E-state index in [4.69, 9.17) is 35.4 Å². The fourth-order valence-electron chi connectivity index (χ4n) is 4.67.